The molecule has 0 heterocycles. The number of aromatic carboxylic acids is 1. The number of rotatable bonds is 4. The van der Waals surface area contributed by atoms with E-state index in [9.17, 15) is 13.6 Å². The third-order valence-electron chi connectivity index (χ3n) is 2.55. The fraction of sp³-hybridized carbons (Fsp3) is 0.0714. The molecule has 2 rings (SSSR count). The third kappa shape index (κ3) is 3.58. The molecule has 104 valence electrons. The molecule has 0 aliphatic rings. The zero-order valence-electron chi connectivity index (χ0n) is 10.1. The minimum absolute atomic E-state index is 0.181. The van der Waals surface area contributed by atoms with E-state index in [-0.39, 0.29) is 5.56 Å². The quantitative estimate of drug-likeness (QED) is 0.803. The molecule has 2 nitrogen and oxygen atoms in total. The van der Waals surface area contributed by atoms with Gasteiger partial charge in [-0.2, -0.15) is 0 Å². The Labute approximate surface area is 126 Å². The van der Waals surface area contributed by atoms with Crippen LogP contribution in [0.25, 0.3) is 0 Å². The van der Waals surface area contributed by atoms with Gasteiger partial charge in [0.25, 0.3) is 0 Å². The van der Waals surface area contributed by atoms with Crippen molar-refractivity contribution in [3.8, 4) is 0 Å². The predicted octanol–water partition coefficient (Wildman–Crippen LogP) is 4.72. The van der Waals surface area contributed by atoms with Gasteiger partial charge in [-0.15, -0.1) is 11.8 Å². The Morgan fingerprint density at radius 1 is 1.15 bits per heavy atom. The van der Waals surface area contributed by atoms with Crippen LogP contribution in [0.2, 0.25) is 0 Å². The van der Waals surface area contributed by atoms with Crippen LogP contribution in [0.4, 0.5) is 8.78 Å². The van der Waals surface area contributed by atoms with Crippen LogP contribution in [0, 0.1) is 11.6 Å². The summed E-state index contributed by atoms with van der Waals surface area (Å²) in [5.74, 6) is -2.47. The minimum atomic E-state index is -1.02. The molecule has 0 radical (unpaired) electrons. The standard InChI is InChI=1S/C14H9BrF2O2S/c15-9-2-3-10(14(18)19)13(6-9)20-7-8-1-4-11(16)12(17)5-8/h1-6H,7H2,(H,18,19). The number of benzene rings is 2. The van der Waals surface area contributed by atoms with Gasteiger partial charge in [0, 0.05) is 15.1 Å². The van der Waals surface area contributed by atoms with Gasteiger partial charge in [0.15, 0.2) is 11.6 Å². The number of carboxylic acid groups (broad SMARTS) is 1. The van der Waals surface area contributed by atoms with Crippen molar-refractivity contribution in [2.24, 2.45) is 0 Å². The molecule has 0 aliphatic heterocycles. The SMILES string of the molecule is O=C(O)c1ccc(Br)cc1SCc1ccc(F)c(F)c1. The summed E-state index contributed by atoms with van der Waals surface area (Å²) in [6, 6.07) is 8.48. The third-order valence-corrected chi connectivity index (χ3v) is 4.17. The average molecular weight is 359 g/mol. The smallest absolute Gasteiger partial charge is 0.336 e. The maximum atomic E-state index is 13.1. The van der Waals surface area contributed by atoms with Gasteiger partial charge in [0.05, 0.1) is 5.56 Å². The Kier molecular flexibility index (Phi) is 4.77. The largest absolute Gasteiger partial charge is 0.478 e. The molecule has 20 heavy (non-hydrogen) atoms. The van der Waals surface area contributed by atoms with Crippen LogP contribution in [-0.4, -0.2) is 11.1 Å². The summed E-state index contributed by atoms with van der Waals surface area (Å²) >= 11 is 4.53. The van der Waals surface area contributed by atoms with E-state index < -0.39 is 17.6 Å². The van der Waals surface area contributed by atoms with Crippen molar-refractivity contribution in [1.29, 1.82) is 0 Å². The van der Waals surface area contributed by atoms with Crippen molar-refractivity contribution < 1.29 is 18.7 Å². The van der Waals surface area contributed by atoms with Crippen molar-refractivity contribution in [3.63, 3.8) is 0 Å². The van der Waals surface area contributed by atoms with E-state index in [1.807, 2.05) is 0 Å². The molecule has 0 aliphatic carbocycles. The topological polar surface area (TPSA) is 37.3 Å². The van der Waals surface area contributed by atoms with Gasteiger partial charge in [-0.05, 0) is 35.9 Å². The Balaban J connectivity index is 2.20. The number of carbonyl (C=O) groups is 1. The highest BCUT2D eigenvalue weighted by Crippen LogP contribution is 2.29. The summed E-state index contributed by atoms with van der Waals surface area (Å²) in [4.78, 5) is 11.7. The van der Waals surface area contributed by atoms with E-state index in [0.29, 0.717) is 16.2 Å². The van der Waals surface area contributed by atoms with Crippen molar-refractivity contribution in [2.45, 2.75) is 10.6 Å². The zero-order valence-corrected chi connectivity index (χ0v) is 12.5. The molecule has 6 heteroatoms. The Bertz CT molecular complexity index is 662. The van der Waals surface area contributed by atoms with Gasteiger partial charge < -0.3 is 5.11 Å². The van der Waals surface area contributed by atoms with Gasteiger partial charge in [-0.25, -0.2) is 13.6 Å². The highest BCUT2D eigenvalue weighted by Gasteiger charge is 2.11. The first kappa shape index (κ1) is 15.0. The van der Waals surface area contributed by atoms with E-state index in [1.54, 1.807) is 12.1 Å². The van der Waals surface area contributed by atoms with E-state index in [1.165, 1.54) is 23.9 Å². The molecular formula is C14H9BrF2O2S. The first-order valence-electron chi connectivity index (χ1n) is 5.57. The summed E-state index contributed by atoms with van der Waals surface area (Å²) in [5.41, 5.74) is 0.769. The van der Waals surface area contributed by atoms with E-state index in [4.69, 9.17) is 5.11 Å². The minimum Gasteiger partial charge on any atom is -0.478 e. The fourth-order valence-electron chi connectivity index (χ4n) is 1.58. The summed E-state index contributed by atoms with van der Waals surface area (Å²) in [5, 5.41) is 9.10. The van der Waals surface area contributed by atoms with E-state index in [2.05, 4.69) is 15.9 Å². The van der Waals surface area contributed by atoms with Crippen LogP contribution in [-0.2, 0) is 5.75 Å². The number of carboxylic acids is 1. The molecule has 0 amide bonds. The number of halogens is 3. The summed E-state index contributed by atoms with van der Waals surface area (Å²) in [7, 11) is 0. The van der Waals surface area contributed by atoms with Gasteiger partial charge >= 0.3 is 5.97 Å². The first-order chi connectivity index (χ1) is 9.47. The lowest BCUT2D eigenvalue weighted by molar-refractivity contribution is 0.0693. The van der Waals surface area contributed by atoms with E-state index in [0.717, 1.165) is 16.6 Å². The normalized spacial score (nSPS) is 10.6. The van der Waals surface area contributed by atoms with Crippen LogP contribution in [0.15, 0.2) is 45.8 Å². The molecule has 2 aromatic carbocycles. The van der Waals surface area contributed by atoms with Crippen molar-refractivity contribution >= 4 is 33.7 Å². The van der Waals surface area contributed by atoms with Gasteiger partial charge in [0.2, 0.25) is 0 Å². The fourth-order valence-corrected chi connectivity index (χ4v) is 3.12. The first-order valence-corrected chi connectivity index (χ1v) is 7.35. The highest BCUT2D eigenvalue weighted by molar-refractivity contribution is 9.10. The molecule has 0 aromatic heterocycles. The lowest BCUT2D eigenvalue weighted by Crippen LogP contribution is -1.99. The van der Waals surface area contributed by atoms with Crippen molar-refractivity contribution in [1.82, 2.24) is 0 Å². The number of hydrogen-bond acceptors (Lipinski definition) is 2. The molecule has 2 aromatic rings. The lowest BCUT2D eigenvalue weighted by atomic mass is 10.2. The van der Waals surface area contributed by atoms with Gasteiger partial charge in [-0.3, -0.25) is 0 Å². The second kappa shape index (κ2) is 6.37. The predicted molar refractivity (Wildman–Crippen MR) is 77.0 cm³/mol. The van der Waals surface area contributed by atoms with Crippen LogP contribution in [0.3, 0.4) is 0 Å². The maximum Gasteiger partial charge on any atom is 0.336 e. The maximum absolute atomic E-state index is 13.1. The molecule has 0 spiro atoms. The van der Waals surface area contributed by atoms with Crippen LogP contribution < -0.4 is 0 Å². The summed E-state index contributed by atoms with van der Waals surface area (Å²) in [6.45, 7) is 0. The summed E-state index contributed by atoms with van der Waals surface area (Å²) in [6.07, 6.45) is 0. The lowest BCUT2D eigenvalue weighted by Gasteiger charge is -2.07. The van der Waals surface area contributed by atoms with Crippen LogP contribution in [0.5, 0.6) is 0 Å². The van der Waals surface area contributed by atoms with Gasteiger partial charge in [0.1, 0.15) is 0 Å². The molecule has 0 atom stereocenters. The molecule has 0 saturated heterocycles. The highest BCUT2D eigenvalue weighted by atomic mass is 79.9. The Morgan fingerprint density at radius 2 is 1.90 bits per heavy atom. The Hall–Kier alpha value is -1.40. The number of thioether (sulfide) groups is 1. The van der Waals surface area contributed by atoms with E-state index >= 15 is 0 Å². The molecular weight excluding hydrogens is 350 g/mol. The Morgan fingerprint density at radius 3 is 2.55 bits per heavy atom. The molecule has 0 unspecified atom stereocenters. The molecule has 0 fully saturated rings. The molecule has 0 saturated carbocycles. The monoisotopic (exact) mass is 358 g/mol. The average Bonchev–Trinajstić information content (AvgIpc) is 2.40. The van der Waals surface area contributed by atoms with Crippen LogP contribution >= 0.6 is 27.7 Å². The second-order valence-electron chi connectivity index (χ2n) is 3.98. The van der Waals surface area contributed by atoms with Gasteiger partial charge in [-0.1, -0.05) is 22.0 Å². The molecule has 1 N–H and O–H groups in total. The van der Waals surface area contributed by atoms with Crippen LogP contribution in [0.1, 0.15) is 15.9 Å². The zero-order chi connectivity index (χ0) is 14.7. The number of hydrogen-bond donors (Lipinski definition) is 1. The second-order valence-corrected chi connectivity index (χ2v) is 5.92. The summed E-state index contributed by atoms with van der Waals surface area (Å²) < 4.78 is 26.7. The van der Waals surface area contributed by atoms with Crippen molar-refractivity contribution in [2.75, 3.05) is 0 Å². The van der Waals surface area contributed by atoms with Crippen molar-refractivity contribution in [3.05, 3.63) is 63.6 Å². The molecule has 0 bridgehead atoms.